The Hall–Kier alpha value is -2.63. The zero-order valence-corrected chi connectivity index (χ0v) is 18.3. The van der Waals surface area contributed by atoms with E-state index >= 15 is 0 Å². The van der Waals surface area contributed by atoms with Gasteiger partial charge in [0, 0.05) is 35.7 Å². The fourth-order valence-corrected chi connectivity index (χ4v) is 4.79. The first-order chi connectivity index (χ1) is 14.5. The number of imidazole rings is 1. The maximum atomic E-state index is 6.68. The summed E-state index contributed by atoms with van der Waals surface area (Å²) < 4.78 is 4.08. The molecule has 7 heteroatoms. The molecule has 1 aliphatic rings. The molecule has 0 saturated heterocycles. The van der Waals surface area contributed by atoms with Gasteiger partial charge in [-0.2, -0.15) is 0 Å². The number of hydrogen-bond acceptors (Lipinski definition) is 3. The molecule has 2 aromatic carbocycles. The van der Waals surface area contributed by atoms with Gasteiger partial charge in [0.2, 0.25) is 0 Å². The lowest BCUT2D eigenvalue weighted by Crippen LogP contribution is -2.38. The molecule has 0 amide bonds. The van der Waals surface area contributed by atoms with E-state index in [0.29, 0.717) is 5.02 Å². The van der Waals surface area contributed by atoms with Crippen LogP contribution in [0.5, 0.6) is 0 Å². The SMILES string of the molecule is Cc1nccn1-c1ccc(-c2nnc(C3(c4ccc(Cl)cc4)CCC3)n2C)c(Cl)c1. The number of rotatable bonds is 4. The summed E-state index contributed by atoms with van der Waals surface area (Å²) in [6.45, 7) is 1.96. The van der Waals surface area contributed by atoms with Crippen LogP contribution in [-0.2, 0) is 12.5 Å². The van der Waals surface area contributed by atoms with E-state index in [2.05, 4.69) is 31.9 Å². The zero-order valence-electron chi connectivity index (χ0n) is 16.8. The highest BCUT2D eigenvalue weighted by Gasteiger charge is 2.44. The minimum atomic E-state index is -0.120. The minimum Gasteiger partial charge on any atom is -0.313 e. The molecule has 0 N–H and O–H groups in total. The van der Waals surface area contributed by atoms with Crippen LogP contribution in [0.1, 0.15) is 36.5 Å². The Morgan fingerprint density at radius 2 is 1.77 bits per heavy atom. The summed E-state index contributed by atoms with van der Waals surface area (Å²) in [5.74, 6) is 2.65. The van der Waals surface area contributed by atoms with Crippen LogP contribution < -0.4 is 0 Å². The Labute approximate surface area is 185 Å². The van der Waals surface area contributed by atoms with Crippen LogP contribution in [0.2, 0.25) is 10.0 Å². The molecule has 0 radical (unpaired) electrons. The molecule has 1 aliphatic carbocycles. The molecule has 0 atom stereocenters. The van der Waals surface area contributed by atoms with E-state index < -0.39 is 0 Å². The fraction of sp³-hybridized carbons (Fsp3) is 0.261. The van der Waals surface area contributed by atoms with Crippen LogP contribution in [0.25, 0.3) is 17.1 Å². The smallest absolute Gasteiger partial charge is 0.165 e. The van der Waals surface area contributed by atoms with Gasteiger partial charge in [0.15, 0.2) is 5.82 Å². The standard InChI is InChI=1S/C23H21Cl2N5/c1-15-26-12-13-30(15)18-8-9-19(20(25)14-18)21-27-28-22(29(21)2)23(10-3-11-23)16-4-6-17(24)7-5-16/h4-9,12-14H,3,10-11H2,1-2H3. The fourth-order valence-electron chi connectivity index (χ4n) is 4.41. The first kappa shape index (κ1) is 19.3. The van der Waals surface area contributed by atoms with Crippen molar-refractivity contribution in [3.63, 3.8) is 0 Å². The zero-order chi connectivity index (χ0) is 20.9. The summed E-state index contributed by atoms with van der Waals surface area (Å²) in [6, 6.07) is 14.1. The van der Waals surface area contributed by atoms with Crippen molar-refractivity contribution in [2.75, 3.05) is 0 Å². The van der Waals surface area contributed by atoms with Crippen molar-refractivity contribution in [3.8, 4) is 17.1 Å². The van der Waals surface area contributed by atoms with Crippen molar-refractivity contribution in [1.29, 1.82) is 0 Å². The highest BCUT2D eigenvalue weighted by Crippen LogP contribution is 2.49. The van der Waals surface area contributed by atoms with Gasteiger partial charge in [-0.15, -0.1) is 10.2 Å². The van der Waals surface area contributed by atoms with Crippen molar-refractivity contribution in [1.82, 2.24) is 24.3 Å². The van der Waals surface area contributed by atoms with Gasteiger partial charge in [-0.25, -0.2) is 4.98 Å². The first-order valence-corrected chi connectivity index (χ1v) is 10.7. The van der Waals surface area contributed by atoms with E-state index in [-0.39, 0.29) is 5.41 Å². The predicted octanol–water partition coefficient (Wildman–Crippen LogP) is 5.75. The third-order valence-corrected chi connectivity index (χ3v) is 6.77. The third-order valence-electron chi connectivity index (χ3n) is 6.20. The van der Waals surface area contributed by atoms with Crippen LogP contribution >= 0.6 is 23.2 Å². The van der Waals surface area contributed by atoms with Crippen LogP contribution in [0.4, 0.5) is 0 Å². The summed E-state index contributed by atoms with van der Waals surface area (Å²) >= 11 is 12.8. The maximum Gasteiger partial charge on any atom is 0.165 e. The lowest BCUT2D eigenvalue weighted by molar-refractivity contribution is 0.278. The number of aryl methyl sites for hydroxylation is 1. The number of hydrogen-bond donors (Lipinski definition) is 0. The molecule has 152 valence electrons. The van der Waals surface area contributed by atoms with Crippen LogP contribution in [0.15, 0.2) is 54.9 Å². The highest BCUT2D eigenvalue weighted by molar-refractivity contribution is 6.33. The largest absolute Gasteiger partial charge is 0.313 e. The average Bonchev–Trinajstić information content (AvgIpc) is 3.29. The van der Waals surface area contributed by atoms with Gasteiger partial charge in [0.1, 0.15) is 11.6 Å². The van der Waals surface area contributed by atoms with Crippen LogP contribution in [-0.4, -0.2) is 24.3 Å². The van der Waals surface area contributed by atoms with E-state index in [1.54, 1.807) is 6.20 Å². The predicted molar refractivity (Wildman–Crippen MR) is 119 cm³/mol. The molecule has 0 spiro atoms. The van der Waals surface area contributed by atoms with Gasteiger partial charge < -0.3 is 9.13 Å². The third kappa shape index (κ3) is 2.96. The van der Waals surface area contributed by atoms with Gasteiger partial charge in [-0.05, 0) is 55.7 Å². The monoisotopic (exact) mass is 437 g/mol. The van der Waals surface area contributed by atoms with Crippen molar-refractivity contribution in [3.05, 3.63) is 82.1 Å². The van der Waals surface area contributed by atoms with Crippen molar-refractivity contribution >= 4 is 23.2 Å². The van der Waals surface area contributed by atoms with Gasteiger partial charge >= 0.3 is 0 Å². The van der Waals surface area contributed by atoms with E-state index in [1.165, 1.54) is 12.0 Å². The second kappa shape index (κ2) is 7.25. The Morgan fingerprint density at radius 1 is 1.00 bits per heavy atom. The second-order valence-corrected chi connectivity index (χ2v) is 8.70. The molecule has 2 aromatic heterocycles. The molecule has 0 aliphatic heterocycles. The van der Waals surface area contributed by atoms with Gasteiger partial charge in [0.05, 0.1) is 10.4 Å². The van der Waals surface area contributed by atoms with Crippen LogP contribution in [0.3, 0.4) is 0 Å². The molecule has 0 bridgehead atoms. The summed E-state index contributed by atoms with van der Waals surface area (Å²) in [7, 11) is 2.02. The molecule has 0 unspecified atom stereocenters. The molecule has 4 aromatic rings. The van der Waals surface area contributed by atoms with E-state index in [9.17, 15) is 0 Å². The van der Waals surface area contributed by atoms with E-state index in [1.807, 2.05) is 55.1 Å². The quantitative estimate of drug-likeness (QED) is 0.408. The summed E-state index contributed by atoms with van der Waals surface area (Å²) in [5.41, 5.74) is 2.95. The Morgan fingerprint density at radius 3 is 2.37 bits per heavy atom. The molecule has 1 saturated carbocycles. The molecule has 1 fully saturated rings. The number of benzene rings is 2. The van der Waals surface area contributed by atoms with Gasteiger partial charge in [-0.1, -0.05) is 41.8 Å². The first-order valence-electron chi connectivity index (χ1n) is 9.96. The normalized spacial score (nSPS) is 15.2. The minimum absolute atomic E-state index is 0.120. The second-order valence-electron chi connectivity index (χ2n) is 7.86. The molecule has 2 heterocycles. The van der Waals surface area contributed by atoms with E-state index in [0.717, 1.165) is 46.6 Å². The molecule has 30 heavy (non-hydrogen) atoms. The van der Waals surface area contributed by atoms with E-state index in [4.69, 9.17) is 23.2 Å². The number of nitrogens with zero attached hydrogens (tertiary/aromatic N) is 5. The molecule has 5 nitrogen and oxygen atoms in total. The summed E-state index contributed by atoms with van der Waals surface area (Å²) in [4.78, 5) is 4.28. The molecule has 5 rings (SSSR count). The number of halogens is 2. The Balaban J connectivity index is 1.55. The topological polar surface area (TPSA) is 48.5 Å². The van der Waals surface area contributed by atoms with Crippen LogP contribution in [0, 0.1) is 6.92 Å². The van der Waals surface area contributed by atoms with Gasteiger partial charge in [-0.3, -0.25) is 0 Å². The Kier molecular flexibility index (Phi) is 4.68. The number of aromatic nitrogens is 5. The molecular weight excluding hydrogens is 417 g/mol. The summed E-state index contributed by atoms with van der Waals surface area (Å²) in [5, 5.41) is 10.5. The average molecular weight is 438 g/mol. The van der Waals surface area contributed by atoms with Gasteiger partial charge in [0.25, 0.3) is 0 Å². The van der Waals surface area contributed by atoms with Crippen molar-refractivity contribution < 1.29 is 0 Å². The lowest BCUT2D eigenvalue weighted by atomic mass is 9.64. The summed E-state index contributed by atoms with van der Waals surface area (Å²) in [6.07, 6.45) is 6.97. The highest BCUT2D eigenvalue weighted by atomic mass is 35.5. The van der Waals surface area contributed by atoms with Crippen molar-refractivity contribution in [2.24, 2.45) is 7.05 Å². The maximum absolute atomic E-state index is 6.68. The Bertz CT molecular complexity index is 1220. The lowest BCUT2D eigenvalue weighted by Gasteiger charge is -2.41. The molecular formula is C23H21Cl2N5. The van der Waals surface area contributed by atoms with Crippen molar-refractivity contribution in [2.45, 2.75) is 31.6 Å².